The lowest BCUT2D eigenvalue weighted by molar-refractivity contribution is 0.551. The van der Waals surface area contributed by atoms with Crippen molar-refractivity contribution in [2.75, 3.05) is 10.6 Å². The zero-order valence-electron chi connectivity index (χ0n) is 66.1. The molecule has 0 saturated heterocycles. The van der Waals surface area contributed by atoms with Crippen LogP contribution in [0.5, 0.6) is 0 Å². The quantitative estimate of drug-likeness (QED) is 0.0431. The average Bonchev–Trinajstić information content (AvgIpc) is 0.830. The first-order valence-corrected chi connectivity index (χ1v) is 44.1. The van der Waals surface area contributed by atoms with Crippen LogP contribution < -0.4 is 10.6 Å². The molecule has 1 aromatic heterocycles. The highest BCUT2D eigenvalue weighted by Gasteiger charge is 2.18. The molecule has 2 N–H and O–H groups in total. The Hall–Kier alpha value is -3.73. The lowest BCUT2D eigenvalue weighted by atomic mass is 9.89. The van der Waals surface area contributed by atoms with Crippen LogP contribution in [0.4, 0.5) is 23.3 Å². The molecule has 557 valence electrons. The topological polar surface area (TPSA) is 62.7 Å². The molecular weight excluding hydrogens is 1190 g/mol. The minimum absolute atomic E-state index is 0.622. The van der Waals surface area contributed by atoms with Gasteiger partial charge in [0, 0.05) is 16.9 Å². The van der Waals surface area contributed by atoms with Crippen molar-refractivity contribution in [1.29, 1.82) is 0 Å². The van der Waals surface area contributed by atoms with Crippen molar-refractivity contribution < 1.29 is 0 Å². The Morgan fingerprint density at radius 2 is 0.429 bits per heavy atom. The number of hydrogen-bond donors (Lipinski definition) is 2. The van der Waals surface area contributed by atoms with Crippen molar-refractivity contribution in [3.8, 4) is 11.4 Å². The van der Waals surface area contributed by atoms with Crippen LogP contribution in [0.15, 0.2) is 48.5 Å². The van der Waals surface area contributed by atoms with Gasteiger partial charge in [0.05, 0.1) is 0 Å². The number of aromatic nitrogens is 3. The summed E-state index contributed by atoms with van der Waals surface area (Å²) in [5.74, 6) is 1.94. The first kappa shape index (κ1) is 86.7. The zero-order chi connectivity index (χ0) is 69.5. The van der Waals surface area contributed by atoms with Crippen molar-refractivity contribution in [2.45, 2.75) is 465 Å². The van der Waals surface area contributed by atoms with Crippen LogP contribution in [0.3, 0.4) is 0 Å². The predicted molar refractivity (Wildman–Crippen MR) is 437 cm³/mol. The van der Waals surface area contributed by atoms with Crippen molar-refractivity contribution in [1.82, 2.24) is 15.0 Å². The maximum Gasteiger partial charge on any atom is 0.232 e. The van der Waals surface area contributed by atoms with Gasteiger partial charge >= 0.3 is 0 Å². The normalized spacial score (nSPS) is 11.6. The van der Waals surface area contributed by atoms with Gasteiger partial charge in [0.2, 0.25) is 11.9 Å². The summed E-state index contributed by atoms with van der Waals surface area (Å²) < 4.78 is 0. The lowest BCUT2D eigenvalue weighted by Gasteiger charge is -2.20. The van der Waals surface area contributed by atoms with Crippen molar-refractivity contribution in [2.24, 2.45) is 0 Å². The Morgan fingerprint density at radius 1 is 0.235 bits per heavy atom. The molecule has 4 rings (SSSR count). The Kier molecular flexibility index (Phi) is 55.7. The number of benzene rings is 3. The zero-order valence-corrected chi connectivity index (χ0v) is 66.1. The summed E-state index contributed by atoms with van der Waals surface area (Å²) in [6.45, 7) is 14.0. The molecule has 0 aliphatic heterocycles. The third-order valence-electron chi connectivity index (χ3n) is 21.8. The average molecular weight is 1350 g/mol. The molecule has 0 fully saturated rings. The number of nitrogens with one attached hydrogen (secondary N) is 2. The van der Waals surface area contributed by atoms with Crippen LogP contribution in [-0.4, -0.2) is 15.0 Å². The predicted octanol–water partition coefficient (Wildman–Crippen LogP) is 31.6. The Morgan fingerprint density at radius 3 is 0.643 bits per heavy atom. The summed E-state index contributed by atoms with van der Waals surface area (Å²) in [7, 11) is 0. The van der Waals surface area contributed by atoms with Gasteiger partial charge in [0.25, 0.3) is 0 Å². The molecule has 98 heavy (non-hydrogen) atoms. The fourth-order valence-corrected chi connectivity index (χ4v) is 15.5. The largest absolute Gasteiger partial charge is 0.324 e. The summed E-state index contributed by atoms with van der Waals surface area (Å²) in [6, 6.07) is 21.6. The highest BCUT2D eigenvalue weighted by molar-refractivity contribution is 5.66. The SMILES string of the molecule is CCCCCCCCCCCCc1cc(Nc2nc(Nc3cc(CCCCCCCCCCCC)c(CCCCCCCCCCCC)c(CCCCCCCCCCCC)c3)nc(-c3cc[c]cc3)n2)cc(CCCCCCCCCCCC)c1CCCCCCCCCCCC. The lowest BCUT2D eigenvalue weighted by Crippen LogP contribution is -2.09. The smallest absolute Gasteiger partial charge is 0.232 e. The third kappa shape index (κ3) is 43.9. The molecule has 0 bridgehead atoms. The molecule has 1 radical (unpaired) electrons. The molecule has 0 saturated carbocycles. The molecular formula is C93H160N5. The standard InChI is InChI=1S/C93H160N5/c1-7-13-19-25-31-37-43-49-55-62-72-83-78-87(79-84(73-63-56-50-44-38-32-26-20-14-8-2)89(83)76-68-59-53-47-41-35-29-23-17-11-5)94-92-96-91(82-70-66-61-67-71-82)97-93(98-92)95-88-80-85(74-64-57-51-45-39-33-27-21-15-9-3)90(77-69-60-54-48-42-36-30-24-18-12-6)86(81-88)75-65-58-52-46-40-34-28-22-16-10-4/h66-67,70-71,78-81H,7-60,62-65,68-69,72-77H2,1-6H3,(H2,94,95,96,97,98). The van der Waals surface area contributed by atoms with Gasteiger partial charge in [-0.3, -0.25) is 0 Å². The van der Waals surface area contributed by atoms with Crippen LogP contribution in [0.25, 0.3) is 11.4 Å². The highest BCUT2D eigenvalue weighted by atomic mass is 15.2. The van der Waals surface area contributed by atoms with Crippen LogP contribution >= 0.6 is 0 Å². The number of nitrogens with zero attached hydrogens (tertiary/aromatic N) is 3. The van der Waals surface area contributed by atoms with Gasteiger partial charge in [-0.25, -0.2) is 0 Å². The summed E-state index contributed by atoms with van der Waals surface area (Å²) in [6.07, 6.45) is 89.2. The first-order valence-electron chi connectivity index (χ1n) is 44.1. The van der Waals surface area contributed by atoms with E-state index in [2.05, 4.69) is 94.6 Å². The molecule has 4 aromatic rings. The molecule has 3 aromatic carbocycles. The summed E-state index contributed by atoms with van der Waals surface area (Å²) in [5.41, 5.74) is 12.9. The van der Waals surface area contributed by atoms with E-state index in [0.717, 1.165) is 42.6 Å². The van der Waals surface area contributed by atoms with Gasteiger partial charge < -0.3 is 10.6 Å². The van der Waals surface area contributed by atoms with Gasteiger partial charge in [-0.05, 0) is 141 Å². The maximum absolute atomic E-state index is 5.38. The molecule has 0 unspecified atom stereocenters. The van der Waals surface area contributed by atoms with Crippen LogP contribution in [-0.2, 0) is 38.5 Å². The van der Waals surface area contributed by atoms with E-state index >= 15 is 0 Å². The number of anilines is 4. The molecule has 5 nitrogen and oxygen atoms in total. The Labute approximate surface area is 610 Å². The molecule has 0 amide bonds. The van der Waals surface area contributed by atoms with Gasteiger partial charge in [0.1, 0.15) is 0 Å². The monoisotopic (exact) mass is 1350 g/mol. The van der Waals surface area contributed by atoms with E-state index in [0.29, 0.717) is 17.7 Å². The minimum atomic E-state index is 0.622. The van der Waals surface area contributed by atoms with Crippen LogP contribution in [0.2, 0.25) is 0 Å². The summed E-state index contributed by atoms with van der Waals surface area (Å²) in [4.78, 5) is 16.0. The van der Waals surface area contributed by atoms with Gasteiger partial charge in [-0.2, -0.15) is 15.0 Å². The molecule has 0 spiro atoms. The number of rotatable bonds is 71. The van der Waals surface area contributed by atoms with Crippen molar-refractivity contribution >= 4 is 23.3 Å². The van der Waals surface area contributed by atoms with Crippen LogP contribution in [0, 0.1) is 6.07 Å². The van der Waals surface area contributed by atoms with Crippen molar-refractivity contribution in [3.05, 3.63) is 88.0 Å². The van der Waals surface area contributed by atoms with Crippen LogP contribution in [0.1, 0.15) is 460 Å². The van der Waals surface area contributed by atoms with E-state index in [4.69, 9.17) is 15.0 Å². The Bertz CT molecular complexity index is 2170. The van der Waals surface area contributed by atoms with Gasteiger partial charge in [-0.1, -0.05) is 413 Å². The van der Waals surface area contributed by atoms with Gasteiger partial charge in [-0.15, -0.1) is 0 Å². The van der Waals surface area contributed by atoms with E-state index in [-0.39, 0.29) is 0 Å². The van der Waals surface area contributed by atoms with E-state index in [9.17, 15) is 0 Å². The maximum atomic E-state index is 5.38. The third-order valence-corrected chi connectivity index (χ3v) is 21.8. The second-order valence-corrected chi connectivity index (χ2v) is 31.0. The molecule has 0 aliphatic carbocycles. The van der Waals surface area contributed by atoms with E-state index in [1.807, 2.05) is 12.1 Å². The molecule has 0 aliphatic rings. The highest BCUT2D eigenvalue weighted by Crippen LogP contribution is 2.33. The second kappa shape index (κ2) is 63.0. The molecule has 5 heteroatoms. The van der Waals surface area contributed by atoms with E-state index in [1.54, 1.807) is 33.4 Å². The molecule has 1 heterocycles. The molecule has 0 atom stereocenters. The van der Waals surface area contributed by atoms with Gasteiger partial charge in [0.15, 0.2) is 5.82 Å². The number of aryl methyl sites for hydroxylation is 4. The first-order chi connectivity index (χ1) is 48.5. The number of unbranched alkanes of at least 4 members (excludes halogenated alkanes) is 54. The Balaban J connectivity index is 1.72. The fraction of sp³-hybridized carbons (Fsp3) is 0.774. The second-order valence-electron chi connectivity index (χ2n) is 31.0. The van der Waals surface area contributed by atoms with E-state index in [1.165, 1.54) is 398 Å². The minimum Gasteiger partial charge on any atom is -0.324 e. The number of hydrogen-bond acceptors (Lipinski definition) is 5. The fourth-order valence-electron chi connectivity index (χ4n) is 15.5. The summed E-state index contributed by atoms with van der Waals surface area (Å²) in [5, 5.41) is 7.86. The van der Waals surface area contributed by atoms with Crippen molar-refractivity contribution in [3.63, 3.8) is 0 Å². The van der Waals surface area contributed by atoms with E-state index < -0.39 is 0 Å². The summed E-state index contributed by atoms with van der Waals surface area (Å²) >= 11 is 0.